The highest BCUT2D eigenvalue weighted by Crippen LogP contribution is 2.36. The van der Waals surface area contributed by atoms with Gasteiger partial charge in [-0.25, -0.2) is 9.97 Å². The van der Waals surface area contributed by atoms with Crippen LogP contribution in [0, 0.1) is 11.3 Å². The molecule has 1 N–H and O–H groups in total. The molecule has 178 valence electrons. The SMILES string of the molecule is N#C/C(=C\c1ccc(-c2nc3cnc4[nH]ccc4c3n2C2CCOCC2)o1)C(=O)N1CCSCC1. The molecule has 0 spiro atoms. The van der Waals surface area contributed by atoms with Crippen molar-refractivity contribution < 1.29 is 13.9 Å². The first kappa shape index (κ1) is 21.9. The molecule has 0 aliphatic carbocycles. The molecular weight excluding hydrogens is 464 g/mol. The molecule has 35 heavy (non-hydrogen) atoms. The summed E-state index contributed by atoms with van der Waals surface area (Å²) >= 11 is 1.82. The molecule has 1 amide bonds. The molecule has 2 aliphatic rings. The van der Waals surface area contributed by atoms with Crippen LogP contribution >= 0.6 is 11.8 Å². The number of furan rings is 1. The van der Waals surface area contributed by atoms with Crippen LogP contribution in [0.3, 0.4) is 0 Å². The summed E-state index contributed by atoms with van der Waals surface area (Å²) in [6, 6.07) is 7.92. The monoisotopic (exact) mass is 488 g/mol. The highest BCUT2D eigenvalue weighted by Gasteiger charge is 2.26. The second kappa shape index (κ2) is 9.24. The van der Waals surface area contributed by atoms with Crippen molar-refractivity contribution in [3.8, 4) is 17.7 Å². The Hall–Kier alpha value is -3.55. The predicted molar refractivity (Wildman–Crippen MR) is 134 cm³/mol. The van der Waals surface area contributed by atoms with Crippen LogP contribution in [0.25, 0.3) is 39.7 Å². The average Bonchev–Trinajstić information content (AvgIpc) is 3.65. The van der Waals surface area contributed by atoms with E-state index in [1.54, 1.807) is 17.2 Å². The number of H-pyrrole nitrogens is 1. The molecule has 6 rings (SSSR count). The normalized spacial score (nSPS) is 17.8. The molecule has 0 radical (unpaired) electrons. The molecule has 4 aromatic heterocycles. The minimum Gasteiger partial charge on any atom is -0.453 e. The number of fused-ring (bicyclic) bond motifs is 3. The van der Waals surface area contributed by atoms with Crippen LogP contribution in [-0.4, -0.2) is 68.1 Å². The van der Waals surface area contributed by atoms with Crippen molar-refractivity contribution in [3.63, 3.8) is 0 Å². The van der Waals surface area contributed by atoms with Gasteiger partial charge in [-0.1, -0.05) is 0 Å². The Morgan fingerprint density at radius 1 is 1.23 bits per heavy atom. The van der Waals surface area contributed by atoms with Gasteiger partial charge in [-0.3, -0.25) is 4.79 Å². The fraction of sp³-hybridized carbons (Fsp3) is 0.360. The van der Waals surface area contributed by atoms with E-state index < -0.39 is 0 Å². The van der Waals surface area contributed by atoms with Crippen LogP contribution in [0.15, 0.2) is 40.6 Å². The van der Waals surface area contributed by atoms with Crippen LogP contribution in [-0.2, 0) is 9.53 Å². The Labute approximate surface area is 205 Å². The number of amides is 1. The lowest BCUT2D eigenvalue weighted by Gasteiger charge is -2.25. The van der Waals surface area contributed by atoms with Crippen LogP contribution in [0.1, 0.15) is 24.6 Å². The Morgan fingerprint density at radius 2 is 2.06 bits per heavy atom. The van der Waals surface area contributed by atoms with Crippen LogP contribution in [0.4, 0.5) is 0 Å². The van der Waals surface area contributed by atoms with E-state index in [2.05, 4.69) is 20.6 Å². The maximum Gasteiger partial charge on any atom is 0.264 e. The number of carbonyl (C=O) groups is 1. The number of aromatic nitrogens is 4. The number of aromatic amines is 1. The number of carbonyl (C=O) groups excluding carboxylic acids is 1. The van der Waals surface area contributed by atoms with E-state index >= 15 is 0 Å². The minimum atomic E-state index is -0.249. The van der Waals surface area contributed by atoms with Gasteiger partial charge in [0.25, 0.3) is 5.91 Å². The largest absolute Gasteiger partial charge is 0.453 e. The molecule has 0 unspecified atom stereocenters. The smallest absolute Gasteiger partial charge is 0.264 e. The van der Waals surface area contributed by atoms with E-state index in [0.717, 1.165) is 46.4 Å². The number of hydrogen-bond donors (Lipinski definition) is 1. The molecule has 6 heterocycles. The van der Waals surface area contributed by atoms with Crippen molar-refractivity contribution in [2.24, 2.45) is 0 Å². The second-order valence-corrected chi connectivity index (χ2v) is 9.88. The zero-order valence-electron chi connectivity index (χ0n) is 19.1. The molecule has 4 aromatic rings. The fourth-order valence-electron chi connectivity index (χ4n) is 4.84. The summed E-state index contributed by atoms with van der Waals surface area (Å²) in [4.78, 5) is 27.2. The Bertz CT molecular complexity index is 1460. The standard InChI is InChI=1S/C25H24N6O3S/c26-14-16(25(32)30-7-11-35-12-8-30)13-18-1-2-21(34-18)24-29-20-15-28-23-19(3-6-27-23)22(20)31(24)17-4-9-33-10-5-17/h1-3,6,13,15,17H,4-5,7-12H2,(H,27,28)/b16-13+. The topological polar surface area (TPSA) is 113 Å². The van der Waals surface area contributed by atoms with Crippen molar-refractivity contribution in [1.29, 1.82) is 5.26 Å². The second-order valence-electron chi connectivity index (χ2n) is 8.66. The molecule has 2 fully saturated rings. The number of nitrogens with one attached hydrogen (secondary N) is 1. The van der Waals surface area contributed by atoms with Gasteiger partial charge in [-0.2, -0.15) is 17.0 Å². The molecule has 2 saturated heterocycles. The van der Waals surface area contributed by atoms with Gasteiger partial charge in [0.15, 0.2) is 11.6 Å². The van der Waals surface area contributed by atoms with Gasteiger partial charge >= 0.3 is 0 Å². The Kier molecular flexibility index (Phi) is 5.80. The third-order valence-corrected chi connectivity index (χ3v) is 7.52. The molecule has 0 atom stereocenters. The van der Waals surface area contributed by atoms with Gasteiger partial charge in [0, 0.05) is 61.5 Å². The van der Waals surface area contributed by atoms with Crippen molar-refractivity contribution in [2.75, 3.05) is 37.8 Å². The van der Waals surface area contributed by atoms with Crippen LogP contribution < -0.4 is 0 Å². The summed E-state index contributed by atoms with van der Waals surface area (Å²) in [6.45, 7) is 2.70. The van der Waals surface area contributed by atoms with E-state index in [1.165, 1.54) is 6.08 Å². The zero-order chi connectivity index (χ0) is 23.8. The highest BCUT2D eigenvalue weighted by molar-refractivity contribution is 7.99. The number of nitriles is 1. The van der Waals surface area contributed by atoms with E-state index in [-0.39, 0.29) is 17.5 Å². The Balaban J connectivity index is 1.41. The number of ether oxygens (including phenoxy) is 1. The number of hydrogen-bond acceptors (Lipinski definition) is 7. The lowest BCUT2D eigenvalue weighted by atomic mass is 10.1. The average molecular weight is 489 g/mol. The lowest BCUT2D eigenvalue weighted by Crippen LogP contribution is -2.38. The number of thioether (sulfide) groups is 1. The predicted octanol–water partition coefficient (Wildman–Crippen LogP) is 4.01. The summed E-state index contributed by atoms with van der Waals surface area (Å²) in [6.07, 6.45) is 6.94. The molecule has 0 aromatic carbocycles. The number of rotatable bonds is 4. The van der Waals surface area contributed by atoms with Crippen molar-refractivity contribution in [1.82, 2.24) is 24.4 Å². The molecular formula is C25H24N6O3S. The first-order valence-corrected chi connectivity index (χ1v) is 12.9. The molecule has 10 heteroatoms. The van der Waals surface area contributed by atoms with Gasteiger partial charge < -0.3 is 23.6 Å². The van der Waals surface area contributed by atoms with Crippen molar-refractivity contribution in [2.45, 2.75) is 18.9 Å². The number of nitrogens with zero attached hydrogens (tertiary/aromatic N) is 5. The summed E-state index contributed by atoms with van der Waals surface area (Å²) in [5.41, 5.74) is 2.70. The summed E-state index contributed by atoms with van der Waals surface area (Å²) < 4.78 is 14.0. The van der Waals surface area contributed by atoms with Gasteiger partial charge in [0.2, 0.25) is 0 Å². The van der Waals surface area contributed by atoms with E-state index in [9.17, 15) is 10.1 Å². The lowest BCUT2D eigenvalue weighted by molar-refractivity contribution is -0.126. The van der Waals surface area contributed by atoms with Crippen molar-refractivity contribution >= 4 is 45.8 Å². The first-order chi connectivity index (χ1) is 17.2. The minimum absolute atomic E-state index is 0.0777. The maximum atomic E-state index is 12.8. The molecule has 0 saturated carbocycles. The van der Waals surface area contributed by atoms with Gasteiger partial charge in [-0.15, -0.1) is 0 Å². The molecule has 0 bridgehead atoms. The number of pyridine rings is 1. The molecule has 9 nitrogen and oxygen atoms in total. The van der Waals surface area contributed by atoms with Crippen LogP contribution in [0.5, 0.6) is 0 Å². The third kappa shape index (κ3) is 4.00. The molecule has 2 aliphatic heterocycles. The summed E-state index contributed by atoms with van der Waals surface area (Å²) in [5, 5.41) is 10.7. The van der Waals surface area contributed by atoms with Crippen molar-refractivity contribution in [3.05, 3.63) is 41.9 Å². The van der Waals surface area contributed by atoms with E-state index in [1.807, 2.05) is 30.1 Å². The summed E-state index contributed by atoms with van der Waals surface area (Å²) in [5.74, 6) is 3.27. The van der Waals surface area contributed by atoms with Gasteiger partial charge in [-0.05, 0) is 31.0 Å². The zero-order valence-corrected chi connectivity index (χ0v) is 19.9. The quantitative estimate of drug-likeness (QED) is 0.341. The summed E-state index contributed by atoms with van der Waals surface area (Å²) in [7, 11) is 0. The number of imidazole rings is 1. The Morgan fingerprint density at radius 3 is 2.86 bits per heavy atom. The van der Waals surface area contributed by atoms with Crippen LogP contribution in [0.2, 0.25) is 0 Å². The van der Waals surface area contributed by atoms with Gasteiger partial charge in [0.1, 0.15) is 28.6 Å². The first-order valence-electron chi connectivity index (χ1n) is 11.7. The fourth-order valence-corrected chi connectivity index (χ4v) is 5.74. The third-order valence-electron chi connectivity index (χ3n) is 6.57. The highest BCUT2D eigenvalue weighted by atomic mass is 32.2. The van der Waals surface area contributed by atoms with E-state index in [4.69, 9.17) is 14.1 Å². The maximum absolute atomic E-state index is 12.8. The van der Waals surface area contributed by atoms with E-state index in [0.29, 0.717) is 43.6 Å². The van der Waals surface area contributed by atoms with Gasteiger partial charge in [0.05, 0.1) is 11.7 Å².